The third kappa shape index (κ3) is 12.7. The molecule has 0 aromatic carbocycles. The van der Waals surface area contributed by atoms with Crippen molar-refractivity contribution in [3.63, 3.8) is 0 Å². The van der Waals surface area contributed by atoms with Gasteiger partial charge in [0.25, 0.3) is 0 Å². The molecule has 0 radical (unpaired) electrons. The van der Waals surface area contributed by atoms with Crippen LogP contribution in [0.5, 0.6) is 0 Å². The van der Waals surface area contributed by atoms with Crippen molar-refractivity contribution >= 4 is 45.7 Å². The van der Waals surface area contributed by atoms with Gasteiger partial charge in [-0.1, -0.05) is 12.8 Å². The molecule has 1 amide bonds. The molecule has 1 aliphatic rings. The third-order valence-electron chi connectivity index (χ3n) is 4.30. The molecule has 1 atom stereocenters. The summed E-state index contributed by atoms with van der Waals surface area (Å²) in [5, 5.41) is 9.26. The Balaban J connectivity index is 0.00000625. The van der Waals surface area contributed by atoms with Gasteiger partial charge in [0.2, 0.25) is 5.91 Å². The average molecular weight is 502 g/mol. The summed E-state index contributed by atoms with van der Waals surface area (Å²) < 4.78 is 22.5. The lowest BCUT2D eigenvalue weighted by molar-refractivity contribution is -0.121. The zero-order valence-electron chi connectivity index (χ0n) is 16.2. The van der Waals surface area contributed by atoms with Crippen molar-refractivity contribution in [1.29, 1.82) is 0 Å². The molecule has 3 N–H and O–H groups in total. The minimum absolute atomic E-state index is 0. The lowest BCUT2D eigenvalue weighted by Crippen LogP contribution is -2.43. The fourth-order valence-electron chi connectivity index (χ4n) is 2.93. The molecule has 0 heterocycles. The molecular formula is C17H35IN4O3S. The van der Waals surface area contributed by atoms with Gasteiger partial charge in [-0.3, -0.25) is 9.79 Å². The zero-order chi connectivity index (χ0) is 18.7. The van der Waals surface area contributed by atoms with E-state index in [4.69, 9.17) is 0 Å². The van der Waals surface area contributed by atoms with E-state index in [0.717, 1.165) is 6.54 Å². The molecule has 1 rings (SSSR count). The minimum Gasteiger partial charge on any atom is -0.357 e. The van der Waals surface area contributed by atoms with Crippen LogP contribution in [0.4, 0.5) is 0 Å². The Morgan fingerprint density at radius 2 is 1.88 bits per heavy atom. The van der Waals surface area contributed by atoms with Crippen molar-refractivity contribution in [2.24, 2.45) is 10.9 Å². The van der Waals surface area contributed by atoms with Crippen molar-refractivity contribution in [1.82, 2.24) is 16.0 Å². The van der Waals surface area contributed by atoms with Gasteiger partial charge in [-0.25, -0.2) is 8.42 Å². The smallest absolute Gasteiger partial charge is 0.220 e. The Morgan fingerprint density at radius 1 is 1.23 bits per heavy atom. The van der Waals surface area contributed by atoms with Crippen LogP contribution < -0.4 is 16.0 Å². The highest BCUT2D eigenvalue weighted by Crippen LogP contribution is 2.27. The Bertz CT molecular complexity index is 534. The van der Waals surface area contributed by atoms with Crippen LogP contribution in [0, 0.1) is 5.92 Å². The summed E-state index contributed by atoms with van der Waals surface area (Å²) in [6, 6.07) is 0.00415. The first-order chi connectivity index (χ1) is 11.8. The number of hydrogen-bond donors (Lipinski definition) is 3. The van der Waals surface area contributed by atoms with Crippen LogP contribution in [0.15, 0.2) is 4.99 Å². The number of nitrogens with zero attached hydrogens (tertiary/aromatic N) is 1. The average Bonchev–Trinajstić information content (AvgIpc) is 3.02. The first-order valence-electron chi connectivity index (χ1n) is 9.29. The molecule has 26 heavy (non-hydrogen) atoms. The van der Waals surface area contributed by atoms with E-state index < -0.39 is 9.84 Å². The Hall–Kier alpha value is -0.580. The summed E-state index contributed by atoms with van der Waals surface area (Å²) in [6.07, 6.45) is 7.24. The van der Waals surface area contributed by atoms with Crippen LogP contribution in [0.25, 0.3) is 0 Å². The Kier molecular flexibility index (Phi) is 13.3. The van der Waals surface area contributed by atoms with Gasteiger partial charge in [0.05, 0.1) is 12.3 Å². The summed E-state index contributed by atoms with van der Waals surface area (Å²) in [7, 11) is -2.96. The molecule has 0 spiro atoms. The lowest BCUT2D eigenvalue weighted by Gasteiger charge is -2.17. The molecular weight excluding hydrogens is 467 g/mol. The summed E-state index contributed by atoms with van der Waals surface area (Å²) in [5.41, 5.74) is 0. The Morgan fingerprint density at radius 3 is 2.46 bits per heavy atom. The number of carbonyl (C=O) groups is 1. The van der Waals surface area contributed by atoms with Crippen LogP contribution in [-0.2, 0) is 14.6 Å². The second kappa shape index (κ2) is 13.6. The number of amides is 1. The van der Waals surface area contributed by atoms with Crippen molar-refractivity contribution in [2.75, 3.05) is 31.6 Å². The highest BCUT2D eigenvalue weighted by atomic mass is 127. The maximum absolute atomic E-state index is 11.9. The molecule has 0 saturated heterocycles. The molecule has 1 saturated carbocycles. The zero-order valence-corrected chi connectivity index (χ0v) is 19.4. The molecule has 0 aromatic heterocycles. The molecule has 1 aliphatic carbocycles. The topological polar surface area (TPSA) is 99.7 Å². The van der Waals surface area contributed by atoms with Crippen molar-refractivity contribution in [3.05, 3.63) is 0 Å². The van der Waals surface area contributed by atoms with Gasteiger partial charge in [0.15, 0.2) is 5.96 Å². The van der Waals surface area contributed by atoms with Gasteiger partial charge < -0.3 is 16.0 Å². The minimum atomic E-state index is -2.96. The molecule has 7 nitrogen and oxygen atoms in total. The van der Waals surface area contributed by atoms with Crippen molar-refractivity contribution < 1.29 is 13.2 Å². The number of aliphatic imine (C=N–C) groups is 1. The van der Waals surface area contributed by atoms with E-state index in [9.17, 15) is 13.2 Å². The van der Waals surface area contributed by atoms with Crippen molar-refractivity contribution in [3.8, 4) is 0 Å². The van der Waals surface area contributed by atoms with E-state index in [1.54, 1.807) is 0 Å². The van der Waals surface area contributed by atoms with Gasteiger partial charge in [0, 0.05) is 31.8 Å². The highest BCUT2D eigenvalue weighted by Gasteiger charge is 2.17. The summed E-state index contributed by atoms with van der Waals surface area (Å²) in [5.74, 6) is 1.46. The maximum Gasteiger partial charge on any atom is 0.220 e. The van der Waals surface area contributed by atoms with E-state index in [2.05, 4.69) is 20.9 Å². The number of nitrogens with one attached hydrogen (secondary N) is 3. The predicted molar refractivity (Wildman–Crippen MR) is 118 cm³/mol. The van der Waals surface area contributed by atoms with Crippen molar-refractivity contribution in [2.45, 2.75) is 58.4 Å². The molecule has 9 heteroatoms. The van der Waals surface area contributed by atoms with Gasteiger partial charge in [-0.05, 0) is 39.0 Å². The molecule has 154 valence electrons. The van der Waals surface area contributed by atoms with Gasteiger partial charge in [-0.2, -0.15) is 0 Å². The second-order valence-electron chi connectivity index (χ2n) is 6.93. The van der Waals surface area contributed by atoms with E-state index >= 15 is 0 Å². The first kappa shape index (κ1) is 25.4. The number of carbonyl (C=O) groups excluding carboxylic acids is 1. The van der Waals surface area contributed by atoms with E-state index in [0.29, 0.717) is 37.8 Å². The van der Waals surface area contributed by atoms with Crippen LogP contribution in [-0.4, -0.2) is 58.0 Å². The third-order valence-corrected chi connectivity index (χ3v) is 5.28. The predicted octanol–water partition coefficient (Wildman–Crippen LogP) is 1.68. The molecule has 0 aromatic rings. The molecule has 0 aliphatic heterocycles. The van der Waals surface area contributed by atoms with Crippen LogP contribution in [0.2, 0.25) is 0 Å². The van der Waals surface area contributed by atoms with Gasteiger partial charge >= 0.3 is 0 Å². The SMILES string of the molecule is CCNC(=NCCNC(=O)CC1CCCC1)NC(C)CCS(C)(=O)=O.I. The standard InChI is InChI=1S/C17H34N4O3S.HI/c1-4-18-17(21-14(2)9-12-25(3,23)24)20-11-10-19-16(22)13-15-7-5-6-8-15;/h14-15H,4-13H2,1-3H3,(H,19,22)(H2,18,20,21);1H. The highest BCUT2D eigenvalue weighted by molar-refractivity contribution is 14.0. The number of halogens is 1. The fourth-order valence-corrected chi connectivity index (χ4v) is 3.71. The first-order valence-corrected chi connectivity index (χ1v) is 11.4. The fraction of sp³-hybridized carbons (Fsp3) is 0.882. The maximum atomic E-state index is 11.9. The molecule has 1 fully saturated rings. The summed E-state index contributed by atoms with van der Waals surface area (Å²) >= 11 is 0. The van der Waals surface area contributed by atoms with Crippen LogP contribution in [0.1, 0.15) is 52.4 Å². The number of rotatable bonds is 10. The largest absolute Gasteiger partial charge is 0.357 e. The number of sulfone groups is 1. The quantitative estimate of drug-likeness (QED) is 0.183. The monoisotopic (exact) mass is 502 g/mol. The lowest BCUT2D eigenvalue weighted by atomic mass is 10.0. The molecule has 1 unspecified atom stereocenters. The van der Waals surface area contributed by atoms with Crippen LogP contribution >= 0.6 is 24.0 Å². The van der Waals surface area contributed by atoms with E-state index in [-0.39, 0.29) is 41.7 Å². The summed E-state index contributed by atoms with van der Waals surface area (Å²) in [6.45, 7) is 5.63. The number of hydrogen-bond acceptors (Lipinski definition) is 4. The normalized spacial score (nSPS) is 16.7. The van der Waals surface area contributed by atoms with E-state index in [1.807, 2.05) is 13.8 Å². The van der Waals surface area contributed by atoms with Gasteiger partial charge in [-0.15, -0.1) is 24.0 Å². The second-order valence-corrected chi connectivity index (χ2v) is 9.19. The number of guanidine groups is 1. The van der Waals surface area contributed by atoms with Crippen LogP contribution in [0.3, 0.4) is 0 Å². The van der Waals surface area contributed by atoms with E-state index in [1.165, 1.54) is 31.9 Å². The molecule has 0 bridgehead atoms. The summed E-state index contributed by atoms with van der Waals surface area (Å²) in [4.78, 5) is 16.3. The van der Waals surface area contributed by atoms with Gasteiger partial charge in [0.1, 0.15) is 9.84 Å². The Labute approximate surface area is 175 Å².